The van der Waals surface area contributed by atoms with Crippen molar-refractivity contribution in [2.75, 3.05) is 5.73 Å². The predicted octanol–water partition coefficient (Wildman–Crippen LogP) is 1.60. The van der Waals surface area contributed by atoms with E-state index in [0.29, 0.717) is 17.3 Å². The van der Waals surface area contributed by atoms with E-state index < -0.39 is 5.97 Å². The van der Waals surface area contributed by atoms with Crippen molar-refractivity contribution in [2.24, 2.45) is 0 Å². The molecule has 1 aliphatic carbocycles. The zero-order chi connectivity index (χ0) is 14.1. The number of hydrogen-bond acceptors (Lipinski definition) is 5. The summed E-state index contributed by atoms with van der Waals surface area (Å²) in [6, 6.07) is 4.73. The van der Waals surface area contributed by atoms with E-state index in [1.807, 2.05) is 0 Å². The molecule has 1 aromatic carbocycles. The van der Waals surface area contributed by atoms with Crippen LogP contribution in [0.25, 0.3) is 5.69 Å². The van der Waals surface area contributed by atoms with Crippen molar-refractivity contribution < 1.29 is 9.90 Å². The lowest BCUT2D eigenvalue weighted by Gasteiger charge is -2.12. The van der Waals surface area contributed by atoms with Crippen molar-refractivity contribution in [3.63, 3.8) is 0 Å². The molecule has 1 aromatic heterocycles. The van der Waals surface area contributed by atoms with Crippen molar-refractivity contribution in [3.8, 4) is 5.69 Å². The average Bonchev–Trinajstić information content (AvgIpc) is 3.09. The summed E-state index contributed by atoms with van der Waals surface area (Å²) >= 11 is 0. The number of nitrogen functional groups attached to an aromatic ring is 1. The Labute approximate surface area is 115 Å². The number of carboxylic acid groups (broad SMARTS) is 1. The smallest absolute Gasteiger partial charge is 0.337 e. The van der Waals surface area contributed by atoms with Crippen LogP contribution >= 0.6 is 0 Å². The summed E-state index contributed by atoms with van der Waals surface area (Å²) in [6.07, 6.45) is 4.39. The maximum absolute atomic E-state index is 11.4. The van der Waals surface area contributed by atoms with E-state index >= 15 is 0 Å². The number of benzene rings is 1. The monoisotopic (exact) mass is 273 g/mol. The minimum absolute atomic E-state index is 0.108. The van der Waals surface area contributed by atoms with Crippen molar-refractivity contribution in [3.05, 3.63) is 29.6 Å². The maximum Gasteiger partial charge on any atom is 0.337 e. The van der Waals surface area contributed by atoms with Crippen molar-refractivity contribution in [1.29, 1.82) is 0 Å². The van der Waals surface area contributed by atoms with Crippen molar-refractivity contribution in [1.82, 2.24) is 20.2 Å². The van der Waals surface area contributed by atoms with Gasteiger partial charge in [-0.25, -0.2) is 4.79 Å². The molecule has 0 unspecified atom stereocenters. The molecule has 3 N–H and O–H groups in total. The normalized spacial score (nSPS) is 15.6. The van der Waals surface area contributed by atoms with Crippen LogP contribution in [-0.4, -0.2) is 31.3 Å². The summed E-state index contributed by atoms with van der Waals surface area (Å²) in [5, 5.41) is 21.0. The Morgan fingerprint density at radius 2 is 2.10 bits per heavy atom. The fraction of sp³-hybridized carbons (Fsp3) is 0.385. The van der Waals surface area contributed by atoms with Crippen molar-refractivity contribution >= 4 is 11.7 Å². The third-order valence-electron chi connectivity index (χ3n) is 3.69. The molecule has 1 fully saturated rings. The van der Waals surface area contributed by atoms with Gasteiger partial charge in [0.15, 0.2) is 5.82 Å². The average molecular weight is 273 g/mol. The Morgan fingerprint density at radius 3 is 2.80 bits per heavy atom. The van der Waals surface area contributed by atoms with Crippen LogP contribution < -0.4 is 5.73 Å². The topological polar surface area (TPSA) is 107 Å². The minimum Gasteiger partial charge on any atom is -0.478 e. The van der Waals surface area contributed by atoms with E-state index in [-0.39, 0.29) is 5.56 Å². The number of hydrogen-bond donors (Lipinski definition) is 2. The molecule has 0 amide bonds. The number of aromatic nitrogens is 4. The molecule has 2 aromatic rings. The molecule has 0 radical (unpaired) electrons. The van der Waals surface area contributed by atoms with Gasteiger partial charge in [-0.05, 0) is 41.5 Å². The molecule has 7 heteroatoms. The molecule has 0 spiro atoms. The fourth-order valence-electron chi connectivity index (χ4n) is 2.71. The zero-order valence-electron chi connectivity index (χ0n) is 10.9. The molecule has 1 heterocycles. The first kappa shape index (κ1) is 12.6. The van der Waals surface area contributed by atoms with Gasteiger partial charge in [0.1, 0.15) is 0 Å². The molecule has 20 heavy (non-hydrogen) atoms. The number of nitrogens with zero attached hydrogens (tertiary/aromatic N) is 4. The van der Waals surface area contributed by atoms with Crippen LogP contribution in [-0.2, 0) is 0 Å². The molecule has 0 aliphatic heterocycles. The van der Waals surface area contributed by atoms with E-state index in [1.165, 1.54) is 10.7 Å². The summed E-state index contributed by atoms with van der Waals surface area (Å²) in [5.74, 6) is -0.0147. The maximum atomic E-state index is 11.4. The Balaban J connectivity index is 2.09. The molecule has 0 bridgehead atoms. The SMILES string of the molecule is Nc1ccc(-n2nnnc2C2CCCC2)c(C(=O)O)c1. The van der Waals surface area contributed by atoms with Crippen LogP contribution in [0, 0.1) is 0 Å². The molecule has 7 nitrogen and oxygen atoms in total. The molecule has 104 valence electrons. The van der Waals surface area contributed by atoms with Gasteiger partial charge in [-0.3, -0.25) is 0 Å². The second kappa shape index (κ2) is 4.92. The summed E-state index contributed by atoms with van der Waals surface area (Å²) in [5.41, 5.74) is 6.62. The van der Waals surface area contributed by atoms with Crippen LogP contribution in [0.5, 0.6) is 0 Å². The molecule has 3 rings (SSSR count). The largest absolute Gasteiger partial charge is 0.478 e. The van der Waals surface area contributed by atoms with Crippen LogP contribution in [0.2, 0.25) is 0 Å². The van der Waals surface area contributed by atoms with Crippen LogP contribution in [0.1, 0.15) is 47.8 Å². The van der Waals surface area contributed by atoms with Gasteiger partial charge in [-0.1, -0.05) is 12.8 Å². The first-order chi connectivity index (χ1) is 9.66. The first-order valence-corrected chi connectivity index (χ1v) is 6.58. The Hall–Kier alpha value is -2.44. The van der Waals surface area contributed by atoms with Gasteiger partial charge in [0.2, 0.25) is 0 Å². The van der Waals surface area contributed by atoms with Gasteiger partial charge >= 0.3 is 5.97 Å². The second-order valence-electron chi connectivity index (χ2n) is 5.01. The Morgan fingerprint density at radius 1 is 1.35 bits per heavy atom. The molecular weight excluding hydrogens is 258 g/mol. The lowest BCUT2D eigenvalue weighted by atomic mass is 10.1. The zero-order valence-corrected chi connectivity index (χ0v) is 10.9. The standard InChI is InChI=1S/C13H15N5O2/c14-9-5-6-11(10(7-9)13(19)20)18-12(15-16-17-18)8-3-1-2-4-8/h5-8H,1-4,14H2,(H,19,20). The van der Waals surface area contributed by atoms with Crippen molar-refractivity contribution in [2.45, 2.75) is 31.6 Å². The number of carbonyl (C=O) groups is 1. The summed E-state index contributed by atoms with van der Waals surface area (Å²) in [7, 11) is 0. The molecular formula is C13H15N5O2. The number of nitrogens with two attached hydrogens (primary N) is 1. The van der Waals surface area contributed by atoms with Crippen LogP contribution in [0.3, 0.4) is 0 Å². The van der Waals surface area contributed by atoms with Gasteiger partial charge in [-0.2, -0.15) is 4.68 Å². The molecule has 0 saturated heterocycles. The van der Waals surface area contributed by atoms with Gasteiger partial charge in [0.25, 0.3) is 0 Å². The van der Waals surface area contributed by atoms with Gasteiger partial charge in [0, 0.05) is 11.6 Å². The predicted molar refractivity (Wildman–Crippen MR) is 71.7 cm³/mol. The van der Waals surface area contributed by atoms with E-state index in [9.17, 15) is 9.90 Å². The number of aromatic carboxylic acids is 1. The Kier molecular flexibility index (Phi) is 3.09. The summed E-state index contributed by atoms with van der Waals surface area (Å²) in [4.78, 5) is 11.4. The van der Waals surface area contributed by atoms with Crippen LogP contribution in [0.15, 0.2) is 18.2 Å². The minimum atomic E-state index is -1.04. The first-order valence-electron chi connectivity index (χ1n) is 6.58. The highest BCUT2D eigenvalue weighted by Gasteiger charge is 2.25. The fourth-order valence-corrected chi connectivity index (χ4v) is 2.71. The summed E-state index contributed by atoms with van der Waals surface area (Å²) in [6.45, 7) is 0. The lowest BCUT2D eigenvalue weighted by molar-refractivity contribution is 0.0696. The molecule has 0 atom stereocenters. The Bertz CT molecular complexity index is 646. The van der Waals surface area contributed by atoms with Gasteiger partial charge < -0.3 is 10.8 Å². The lowest BCUT2D eigenvalue weighted by Crippen LogP contribution is -2.12. The highest BCUT2D eigenvalue weighted by molar-refractivity contribution is 5.93. The third-order valence-corrected chi connectivity index (χ3v) is 3.69. The van der Waals surface area contributed by atoms with E-state index in [0.717, 1.165) is 31.5 Å². The van der Waals surface area contributed by atoms with E-state index in [2.05, 4.69) is 15.5 Å². The number of carboxylic acids is 1. The molecule has 1 aliphatic rings. The molecule has 1 saturated carbocycles. The summed E-state index contributed by atoms with van der Waals surface area (Å²) < 4.78 is 1.53. The second-order valence-corrected chi connectivity index (χ2v) is 5.01. The quantitative estimate of drug-likeness (QED) is 0.822. The highest BCUT2D eigenvalue weighted by atomic mass is 16.4. The highest BCUT2D eigenvalue weighted by Crippen LogP contribution is 2.33. The van der Waals surface area contributed by atoms with Gasteiger partial charge in [0.05, 0.1) is 11.3 Å². The van der Waals surface area contributed by atoms with Gasteiger partial charge in [-0.15, -0.1) is 5.10 Å². The third kappa shape index (κ3) is 2.11. The number of tetrazole rings is 1. The van der Waals surface area contributed by atoms with E-state index in [1.54, 1.807) is 12.1 Å². The number of rotatable bonds is 3. The van der Waals surface area contributed by atoms with Crippen LogP contribution in [0.4, 0.5) is 5.69 Å². The number of anilines is 1. The van der Waals surface area contributed by atoms with E-state index in [4.69, 9.17) is 5.73 Å².